The number of carboxylic acids is 1. The summed E-state index contributed by atoms with van der Waals surface area (Å²) in [6.45, 7) is 5.58. The Kier molecular flexibility index (Phi) is 5.24. The van der Waals surface area contributed by atoms with Crippen molar-refractivity contribution in [1.82, 2.24) is 4.98 Å². The van der Waals surface area contributed by atoms with E-state index >= 15 is 0 Å². The third-order valence-corrected chi connectivity index (χ3v) is 5.39. The Balaban J connectivity index is 2.05. The second kappa shape index (κ2) is 8.04. The lowest BCUT2D eigenvalue weighted by molar-refractivity contribution is 0.0698. The largest absolute Gasteiger partial charge is 0.501 e. The number of aromatic nitrogens is 1. The van der Waals surface area contributed by atoms with Crippen molar-refractivity contribution < 1.29 is 19.4 Å². The van der Waals surface area contributed by atoms with Crippen LogP contribution < -0.4 is 10.3 Å². The smallest absolute Gasteiger partial charge is 0.338 e. The molecular formula is C24H19N3O5. The number of nitrogens with zero attached hydrogens (tertiary/aromatic N) is 3. The number of benzene rings is 3. The number of carboxylic acid groups (broad SMARTS) is 1. The van der Waals surface area contributed by atoms with Crippen molar-refractivity contribution in [3.63, 3.8) is 0 Å². The summed E-state index contributed by atoms with van der Waals surface area (Å²) in [5.74, 6) is -2.38. The molecular weight excluding hydrogens is 410 g/mol. The van der Waals surface area contributed by atoms with Crippen LogP contribution in [0.1, 0.15) is 29.8 Å². The topological polar surface area (TPSA) is 128 Å². The molecule has 0 saturated heterocycles. The van der Waals surface area contributed by atoms with Gasteiger partial charge in [-0.2, -0.15) is 5.26 Å². The van der Waals surface area contributed by atoms with Crippen molar-refractivity contribution in [2.75, 3.05) is 18.0 Å². The van der Waals surface area contributed by atoms with Gasteiger partial charge in [-0.05, 0) is 43.7 Å². The number of nitriles is 1. The highest BCUT2D eigenvalue weighted by Gasteiger charge is 2.31. The predicted octanol–water partition coefficient (Wildman–Crippen LogP) is 4.08. The first-order chi connectivity index (χ1) is 15.4. The molecule has 0 atom stereocenters. The molecule has 0 bridgehead atoms. The molecule has 0 aromatic heterocycles. The summed E-state index contributed by atoms with van der Waals surface area (Å²) in [4.78, 5) is 31.7. The number of aromatic carboxylic acids is 1. The van der Waals surface area contributed by atoms with Gasteiger partial charge in [0, 0.05) is 24.8 Å². The highest BCUT2D eigenvalue weighted by molar-refractivity contribution is 6.04. The lowest BCUT2D eigenvalue weighted by atomic mass is 9.94. The summed E-state index contributed by atoms with van der Waals surface area (Å²) in [7, 11) is 0. The van der Waals surface area contributed by atoms with E-state index in [1.165, 1.54) is 24.3 Å². The zero-order valence-corrected chi connectivity index (χ0v) is 17.4. The van der Waals surface area contributed by atoms with E-state index in [-0.39, 0.29) is 28.1 Å². The summed E-state index contributed by atoms with van der Waals surface area (Å²) >= 11 is 0. The number of anilines is 1. The Morgan fingerprint density at radius 1 is 1.16 bits per heavy atom. The summed E-state index contributed by atoms with van der Waals surface area (Å²) < 4.78 is 5.81. The zero-order valence-electron chi connectivity index (χ0n) is 17.4. The van der Waals surface area contributed by atoms with Crippen LogP contribution >= 0.6 is 0 Å². The second-order valence-corrected chi connectivity index (χ2v) is 7.14. The number of aromatic hydroxyl groups is 1. The zero-order chi connectivity index (χ0) is 23.0. The van der Waals surface area contributed by atoms with Crippen molar-refractivity contribution in [2.24, 2.45) is 0 Å². The molecule has 2 aliphatic rings. The molecule has 0 unspecified atom stereocenters. The highest BCUT2D eigenvalue weighted by atomic mass is 16.4. The molecule has 4 rings (SSSR count). The molecule has 0 spiro atoms. The van der Waals surface area contributed by atoms with Crippen LogP contribution in [0, 0.1) is 11.3 Å². The van der Waals surface area contributed by atoms with Gasteiger partial charge in [-0.15, -0.1) is 0 Å². The second-order valence-electron chi connectivity index (χ2n) is 7.14. The number of fused-ring (bicyclic) bond motifs is 2. The molecule has 0 fully saturated rings. The molecule has 1 aliphatic heterocycles. The van der Waals surface area contributed by atoms with E-state index in [0.29, 0.717) is 16.7 Å². The molecule has 2 N–H and O–H groups in total. The minimum atomic E-state index is -1.38. The van der Waals surface area contributed by atoms with Crippen LogP contribution in [-0.2, 0) is 0 Å². The first-order valence-corrected chi connectivity index (χ1v) is 10.0. The first kappa shape index (κ1) is 20.9. The standard InChI is InChI=1S/C24H19N3O5/c1-3-27(4-2)15-9-10-16-17(11-15)32-23-20(26-16)19(24(30)31)18(21(28)22(23)29)14-7-5-13(12-25)6-8-14/h5-11,29H,3-4H2,1-2H3,(H,30,31). The molecule has 2 aromatic carbocycles. The Labute approximate surface area is 182 Å². The SMILES string of the molecule is CCN(CC)c1ccc2nc3c(C(=O)O)c(-c4ccc(C#N)cc4)c(=O)c(O)c-3oc2c1. The van der Waals surface area contributed by atoms with Crippen molar-refractivity contribution in [2.45, 2.75) is 13.8 Å². The highest BCUT2D eigenvalue weighted by Crippen LogP contribution is 2.38. The summed E-state index contributed by atoms with van der Waals surface area (Å²) in [5.41, 5.74) is 0.593. The van der Waals surface area contributed by atoms with E-state index in [2.05, 4.69) is 9.88 Å². The van der Waals surface area contributed by atoms with Crippen molar-refractivity contribution in [3.8, 4) is 34.4 Å². The van der Waals surface area contributed by atoms with E-state index in [1.807, 2.05) is 26.0 Å². The number of phenols is 1. The fraction of sp³-hybridized carbons (Fsp3) is 0.167. The fourth-order valence-electron chi connectivity index (χ4n) is 3.77. The van der Waals surface area contributed by atoms with Gasteiger partial charge in [0.05, 0.1) is 17.2 Å². The van der Waals surface area contributed by atoms with E-state index in [9.17, 15) is 19.8 Å². The van der Waals surface area contributed by atoms with Gasteiger partial charge in [-0.1, -0.05) is 12.1 Å². The molecule has 8 nitrogen and oxygen atoms in total. The molecule has 1 aliphatic carbocycles. The maximum absolute atomic E-state index is 13.0. The average molecular weight is 429 g/mol. The minimum Gasteiger partial charge on any atom is -0.501 e. The van der Waals surface area contributed by atoms with Crippen LogP contribution in [0.4, 0.5) is 5.69 Å². The van der Waals surface area contributed by atoms with Gasteiger partial charge in [-0.25, -0.2) is 9.78 Å². The molecule has 1 heterocycles. The molecule has 160 valence electrons. The van der Waals surface area contributed by atoms with Crippen molar-refractivity contribution >= 4 is 22.8 Å². The Morgan fingerprint density at radius 2 is 1.84 bits per heavy atom. The molecule has 0 radical (unpaired) electrons. The summed E-state index contributed by atoms with van der Waals surface area (Å²) in [5, 5.41) is 29.6. The molecule has 8 heteroatoms. The van der Waals surface area contributed by atoms with Crippen LogP contribution in [0.15, 0.2) is 51.7 Å². The minimum absolute atomic E-state index is 0.128. The first-order valence-electron chi connectivity index (χ1n) is 10.0. The maximum atomic E-state index is 13.0. The van der Waals surface area contributed by atoms with Crippen LogP contribution in [-0.4, -0.2) is 34.3 Å². The monoisotopic (exact) mass is 429 g/mol. The van der Waals surface area contributed by atoms with Crippen LogP contribution in [0.3, 0.4) is 0 Å². The third kappa shape index (κ3) is 3.30. The quantitative estimate of drug-likeness (QED) is 0.454. The van der Waals surface area contributed by atoms with Crippen molar-refractivity contribution in [3.05, 3.63) is 63.8 Å². The van der Waals surface area contributed by atoms with Gasteiger partial charge >= 0.3 is 5.97 Å². The summed E-state index contributed by atoms with van der Waals surface area (Å²) in [6.07, 6.45) is 0. The average Bonchev–Trinajstić information content (AvgIpc) is 2.81. The molecule has 0 saturated carbocycles. The van der Waals surface area contributed by atoms with Gasteiger partial charge in [0.2, 0.25) is 11.2 Å². The molecule has 0 amide bonds. The number of carbonyl (C=O) groups is 1. The molecule has 32 heavy (non-hydrogen) atoms. The van der Waals surface area contributed by atoms with Crippen LogP contribution in [0.25, 0.3) is 33.7 Å². The Morgan fingerprint density at radius 3 is 2.44 bits per heavy atom. The van der Waals surface area contributed by atoms with Gasteiger partial charge in [0.1, 0.15) is 16.8 Å². The van der Waals surface area contributed by atoms with E-state index in [0.717, 1.165) is 18.8 Å². The number of hydrogen-bond acceptors (Lipinski definition) is 7. The van der Waals surface area contributed by atoms with Crippen molar-refractivity contribution in [1.29, 1.82) is 5.26 Å². The van der Waals surface area contributed by atoms with E-state index in [1.54, 1.807) is 12.1 Å². The Bertz CT molecular complexity index is 1410. The van der Waals surface area contributed by atoms with E-state index < -0.39 is 17.1 Å². The Hall–Kier alpha value is -4.38. The number of rotatable bonds is 5. The number of phenolic OH excluding ortho intramolecular Hbond substituents is 1. The van der Waals surface area contributed by atoms with E-state index in [4.69, 9.17) is 9.68 Å². The normalized spacial score (nSPS) is 10.9. The van der Waals surface area contributed by atoms with Crippen LogP contribution in [0.5, 0.6) is 5.75 Å². The summed E-state index contributed by atoms with van der Waals surface area (Å²) in [6, 6.07) is 13.1. The lowest BCUT2D eigenvalue weighted by Crippen LogP contribution is -2.21. The maximum Gasteiger partial charge on any atom is 0.338 e. The molecule has 2 aromatic rings. The third-order valence-electron chi connectivity index (χ3n) is 5.39. The van der Waals surface area contributed by atoms with Gasteiger partial charge in [-0.3, -0.25) is 4.79 Å². The van der Waals surface area contributed by atoms with Gasteiger partial charge < -0.3 is 19.5 Å². The van der Waals surface area contributed by atoms with Gasteiger partial charge in [0.15, 0.2) is 11.3 Å². The lowest BCUT2D eigenvalue weighted by Gasteiger charge is -2.21. The predicted molar refractivity (Wildman–Crippen MR) is 119 cm³/mol. The number of hydrogen-bond donors (Lipinski definition) is 2. The van der Waals surface area contributed by atoms with Crippen LogP contribution in [0.2, 0.25) is 0 Å². The van der Waals surface area contributed by atoms with Gasteiger partial charge in [0.25, 0.3) is 0 Å². The fourth-order valence-corrected chi connectivity index (χ4v) is 3.77.